The van der Waals surface area contributed by atoms with Gasteiger partial charge in [0.25, 0.3) is 0 Å². The fourth-order valence-electron chi connectivity index (χ4n) is 8.62. The molecule has 0 aliphatic heterocycles. The highest BCUT2D eigenvalue weighted by molar-refractivity contribution is 6.23. The Kier molecular flexibility index (Phi) is 7.53. The van der Waals surface area contributed by atoms with Gasteiger partial charge in [-0.1, -0.05) is 176 Å². The minimum Gasteiger partial charge on any atom is -0.454 e. The average Bonchev–Trinajstić information content (AvgIpc) is 3.67. The number of furan rings is 1. The van der Waals surface area contributed by atoms with Crippen LogP contribution in [-0.4, -0.2) is 0 Å². The lowest BCUT2D eigenvalue weighted by atomic mass is 9.90. The molecule has 0 amide bonds. The van der Waals surface area contributed by atoms with E-state index in [2.05, 4.69) is 211 Å². The summed E-state index contributed by atoms with van der Waals surface area (Å²) in [7, 11) is 0. The van der Waals surface area contributed by atoms with Gasteiger partial charge in [0, 0.05) is 22.1 Å². The number of fused-ring (bicyclic) bond motifs is 7. The molecular weight excluding hydrogens is 679 g/mol. The van der Waals surface area contributed by atoms with Gasteiger partial charge in [0.1, 0.15) is 5.58 Å². The zero-order valence-electron chi connectivity index (χ0n) is 30.6. The van der Waals surface area contributed by atoms with Gasteiger partial charge in [-0.2, -0.15) is 0 Å². The predicted molar refractivity (Wildman–Crippen MR) is 237 cm³/mol. The van der Waals surface area contributed by atoms with Crippen molar-refractivity contribution < 1.29 is 4.42 Å². The van der Waals surface area contributed by atoms with Crippen LogP contribution in [0.25, 0.3) is 87.6 Å². The van der Waals surface area contributed by atoms with E-state index in [-0.39, 0.29) is 0 Å². The minimum atomic E-state index is 0.871. The van der Waals surface area contributed by atoms with Crippen molar-refractivity contribution in [1.82, 2.24) is 0 Å². The maximum Gasteiger partial charge on any atom is 0.160 e. The number of para-hydroxylation sites is 1. The van der Waals surface area contributed by atoms with Crippen molar-refractivity contribution >= 4 is 71.3 Å². The maximum atomic E-state index is 6.78. The fourth-order valence-corrected chi connectivity index (χ4v) is 8.62. The Balaban J connectivity index is 1.08. The van der Waals surface area contributed by atoms with Gasteiger partial charge in [-0.05, 0) is 102 Å². The zero-order valence-corrected chi connectivity index (χ0v) is 30.6. The van der Waals surface area contributed by atoms with Crippen molar-refractivity contribution in [1.29, 1.82) is 0 Å². The second kappa shape index (κ2) is 13.2. The van der Waals surface area contributed by atoms with Crippen LogP contribution < -0.4 is 4.90 Å². The molecule has 0 saturated heterocycles. The molecule has 0 atom stereocenters. The van der Waals surface area contributed by atoms with Crippen molar-refractivity contribution in [3.8, 4) is 33.4 Å². The molecule has 11 aromatic rings. The molecule has 1 heterocycles. The van der Waals surface area contributed by atoms with Crippen molar-refractivity contribution in [2.24, 2.45) is 0 Å². The quantitative estimate of drug-likeness (QED) is 0.171. The Morgan fingerprint density at radius 3 is 1.59 bits per heavy atom. The van der Waals surface area contributed by atoms with Crippen LogP contribution in [0.5, 0.6) is 0 Å². The summed E-state index contributed by atoms with van der Waals surface area (Å²) in [5.74, 6) is 0. The van der Waals surface area contributed by atoms with Crippen LogP contribution in [0.3, 0.4) is 0 Å². The van der Waals surface area contributed by atoms with Crippen LogP contribution in [-0.2, 0) is 0 Å². The van der Waals surface area contributed by atoms with Crippen molar-refractivity contribution in [2.45, 2.75) is 0 Å². The Morgan fingerprint density at radius 1 is 0.321 bits per heavy atom. The molecule has 0 saturated carbocycles. The Hall–Kier alpha value is -7.42. The fraction of sp³-hybridized carbons (Fsp3) is 0. The first-order valence-corrected chi connectivity index (χ1v) is 19.2. The standard InChI is InChI=1S/C54H35NO/c1-2-13-36(14-3-1)37-25-29-41(30-26-37)55(51-35-40-16-5-7-19-45(40)53-50-22-10-11-24-52(50)56-54(51)53)42-31-27-39(28-32-42)44-33-34-49(48-21-9-8-20-46(44)48)47-23-12-17-38-15-4-6-18-43(38)47/h1-35H. The van der Waals surface area contributed by atoms with E-state index in [1.165, 1.54) is 65.7 Å². The van der Waals surface area contributed by atoms with Crippen LogP contribution in [0.15, 0.2) is 217 Å². The molecule has 0 N–H and O–H groups in total. The average molecular weight is 714 g/mol. The minimum absolute atomic E-state index is 0.871. The van der Waals surface area contributed by atoms with Crippen molar-refractivity contribution in [3.63, 3.8) is 0 Å². The van der Waals surface area contributed by atoms with Crippen molar-refractivity contribution in [2.75, 3.05) is 4.90 Å². The smallest absolute Gasteiger partial charge is 0.160 e. The first-order chi connectivity index (χ1) is 27.8. The van der Waals surface area contributed by atoms with E-state index in [0.717, 1.165) is 39.0 Å². The summed E-state index contributed by atoms with van der Waals surface area (Å²) in [5, 5.41) is 9.60. The Morgan fingerprint density at radius 2 is 0.839 bits per heavy atom. The third kappa shape index (κ3) is 5.26. The topological polar surface area (TPSA) is 16.4 Å². The van der Waals surface area contributed by atoms with Gasteiger partial charge >= 0.3 is 0 Å². The second-order valence-corrected chi connectivity index (χ2v) is 14.4. The lowest BCUT2D eigenvalue weighted by Crippen LogP contribution is -2.10. The van der Waals surface area contributed by atoms with E-state index in [1.54, 1.807) is 0 Å². The van der Waals surface area contributed by atoms with E-state index in [0.29, 0.717) is 0 Å². The van der Waals surface area contributed by atoms with Gasteiger partial charge in [0.15, 0.2) is 5.58 Å². The molecule has 11 rings (SSSR count). The van der Waals surface area contributed by atoms with E-state index < -0.39 is 0 Å². The summed E-state index contributed by atoms with van der Waals surface area (Å²) in [6.45, 7) is 0. The molecule has 2 heteroatoms. The molecular formula is C54H35NO. The zero-order chi connectivity index (χ0) is 37.0. The van der Waals surface area contributed by atoms with Gasteiger partial charge < -0.3 is 9.32 Å². The molecule has 1 aromatic heterocycles. The number of hydrogen-bond donors (Lipinski definition) is 0. The molecule has 262 valence electrons. The van der Waals surface area contributed by atoms with Gasteiger partial charge in [-0.15, -0.1) is 0 Å². The van der Waals surface area contributed by atoms with E-state index >= 15 is 0 Å². The summed E-state index contributed by atoms with van der Waals surface area (Å²) >= 11 is 0. The SMILES string of the molecule is c1ccc(-c2ccc(N(c3ccc(-c4ccc(-c5cccc6ccccc56)c5ccccc45)cc3)c3cc4ccccc4c4c3oc3ccccc34)cc2)cc1. The number of rotatable bonds is 6. The first kappa shape index (κ1) is 32.0. The second-order valence-electron chi connectivity index (χ2n) is 14.4. The molecule has 0 aliphatic rings. The van der Waals surface area contributed by atoms with Crippen LogP contribution >= 0.6 is 0 Å². The highest BCUT2D eigenvalue weighted by Gasteiger charge is 2.22. The highest BCUT2D eigenvalue weighted by Crippen LogP contribution is 2.46. The largest absolute Gasteiger partial charge is 0.454 e. The molecule has 0 bridgehead atoms. The molecule has 0 unspecified atom stereocenters. The maximum absolute atomic E-state index is 6.78. The molecule has 56 heavy (non-hydrogen) atoms. The number of nitrogens with zero attached hydrogens (tertiary/aromatic N) is 1. The first-order valence-electron chi connectivity index (χ1n) is 19.2. The highest BCUT2D eigenvalue weighted by atomic mass is 16.3. The van der Waals surface area contributed by atoms with E-state index in [9.17, 15) is 0 Å². The summed E-state index contributed by atoms with van der Waals surface area (Å²) in [4.78, 5) is 2.34. The Bertz CT molecular complexity index is 3230. The molecule has 10 aromatic carbocycles. The van der Waals surface area contributed by atoms with Crippen LogP contribution in [0.1, 0.15) is 0 Å². The molecule has 0 spiro atoms. The third-order valence-corrected chi connectivity index (χ3v) is 11.3. The predicted octanol–water partition coefficient (Wildman–Crippen LogP) is 15.5. The van der Waals surface area contributed by atoms with Crippen molar-refractivity contribution in [3.05, 3.63) is 212 Å². The summed E-state index contributed by atoms with van der Waals surface area (Å²) in [5.41, 5.74) is 12.1. The summed E-state index contributed by atoms with van der Waals surface area (Å²) in [6.07, 6.45) is 0. The molecule has 0 radical (unpaired) electrons. The van der Waals surface area contributed by atoms with E-state index in [4.69, 9.17) is 4.42 Å². The van der Waals surface area contributed by atoms with Crippen LogP contribution in [0.4, 0.5) is 17.1 Å². The normalized spacial score (nSPS) is 11.6. The molecule has 0 aliphatic carbocycles. The van der Waals surface area contributed by atoms with Gasteiger partial charge in [0.2, 0.25) is 0 Å². The lowest BCUT2D eigenvalue weighted by molar-refractivity contribution is 0.669. The third-order valence-electron chi connectivity index (χ3n) is 11.3. The van der Waals surface area contributed by atoms with Gasteiger partial charge in [-0.25, -0.2) is 0 Å². The Labute approximate surface area is 325 Å². The van der Waals surface area contributed by atoms with Gasteiger partial charge in [0.05, 0.1) is 5.69 Å². The molecule has 2 nitrogen and oxygen atoms in total. The van der Waals surface area contributed by atoms with E-state index in [1.807, 2.05) is 6.07 Å². The van der Waals surface area contributed by atoms with Crippen LogP contribution in [0.2, 0.25) is 0 Å². The number of anilines is 3. The lowest BCUT2D eigenvalue weighted by Gasteiger charge is -2.26. The monoisotopic (exact) mass is 713 g/mol. The number of benzene rings is 10. The molecule has 0 fully saturated rings. The number of hydrogen-bond acceptors (Lipinski definition) is 2. The summed E-state index contributed by atoms with van der Waals surface area (Å²) < 4.78 is 6.78. The summed E-state index contributed by atoms with van der Waals surface area (Å²) in [6, 6.07) is 76.3. The van der Waals surface area contributed by atoms with Gasteiger partial charge in [-0.3, -0.25) is 0 Å². The van der Waals surface area contributed by atoms with Crippen LogP contribution in [0, 0.1) is 0 Å².